The molecule has 0 saturated heterocycles. The standard InChI is InChI=1S/C13H9FN2OS/c14-10-3-1-2-8(6-10)11-12(16-17-13(11)15)9-4-5-18-7-9/h1-7H,15H2. The highest BCUT2D eigenvalue weighted by molar-refractivity contribution is 7.08. The summed E-state index contributed by atoms with van der Waals surface area (Å²) >= 11 is 1.55. The van der Waals surface area contributed by atoms with Crippen molar-refractivity contribution in [3.05, 3.63) is 46.9 Å². The van der Waals surface area contributed by atoms with Crippen LogP contribution in [0.2, 0.25) is 0 Å². The molecule has 2 N–H and O–H groups in total. The number of halogens is 1. The topological polar surface area (TPSA) is 52.0 Å². The Morgan fingerprint density at radius 1 is 1.22 bits per heavy atom. The minimum atomic E-state index is -0.315. The molecule has 5 heteroatoms. The van der Waals surface area contributed by atoms with Gasteiger partial charge in [0.2, 0.25) is 5.88 Å². The molecule has 0 bridgehead atoms. The van der Waals surface area contributed by atoms with Gasteiger partial charge >= 0.3 is 0 Å². The molecule has 2 aromatic heterocycles. The fourth-order valence-electron chi connectivity index (χ4n) is 1.82. The summed E-state index contributed by atoms with van der Waals surface area (Å²) in [7, 11) is 0. The number of rotatable bonds is 2. The largest absolute Gasteiger partial charge is 0.367 e. The minimum Gasteiger partial charge on any atom is -0.367 e. The molecule has 1 aromatic carbocycles. The van der Waals surface area contributed by atoms with Gasteiger partial charge in [-0.05, 0) is 29.1 Å². The maximum absolute atomic E-state index is 13.3. The van der Waals surface area contributed by atoms with Gasteiger partial charge in [-0.15, -0.1) is 0 Å². The minimum absolute atomic E-state index is 0.196. The number of hydrogen-bond donors (Lipinski definition) is 1. The molecule has 0 radical (unpaired) electrons. The molecule has 0 spiro atoms. The van der Waals surface area contributed by atoms with Gasteiger partial charge in [-0.2, -0.15) is 11.3 Å². The van der Waals surface area contributed by atoms with Crippen molar-refractivity contribution in [1.29, 1.82) is 0 Å². The van der Waals surface area contributed by atoms with Gasteiger partial charge in [0, 0.05) is 10.9 Å². The number of thiophene rings is 1. The van der Waals surface area contributed by atoms with E-state index in [0.29, 0.717) is 16.8 Å². The molecule has 0 amide bonds. The van der Waals surface area contributed by atoms with Crippen LogP contribution in [0.5, 0.6) is 0 Å². The number of hydrogen-bond acceptors (Lipinski definition) is 4. The molecule has 2 heterocycles. The SMILES string of the molecule is Nc1onc(-c2ccsc2)c1-c1cccc(F)c1. The predicted octanol–water partition coefficient (Wildman–Crippen LogP) is 3.79. The first kappa shape index (κ1) is 11.0. The first-order valence-electron chi connectivity index (χ1n) is 5.29. The lowest BCUT2D eigenvalue weighted by atomic mass is 10.0. The van der Waals surface area contributed by atoms with Crippen molar-refractivity contribution in [1.82, 2.24) is 5.16 Å². The molecular formula is C13H9FN2OS. The zero-order valence-corrected chi connectivity index (χ0v) is 10.1. The number of benzene rings is 1. The van der Waals surface area contributed by atoms with Crippen molar-refractivity contribution in [2.45, 2.75) is 0 Å². The van der Waals surface area contributed by atoms with Crippen LogP contribution in [0.1, 0.15) is 0 Å². The highest BCUT2D eigenvalue weighted by atomic mass is 32.1. The van der Waals surface area contributed by atoms with Crippen molar-refractivity contribution in [3.63, 3.8) is 0 Å². The quantitative estimate of drug-likeness (QED) is 0.762. The summed E-state index contributed by atoms with van der Waals surface area (Å²) in [6.07, 6.45) is 0. The van der Waals surface area contributed by atoms with E-state index in [9.17, 15) is 4.39 Å². The molecule has 3 nitrogen and oxygen atoms in total. The average molecular weight is 260 g/mol. The zero-order valence-electron chi connectivity index (χ0n) is 9.26. The number of aromatic nitrogens is 1. The fourth-order valence-corrected chi connectivity index (χ4v) is 2.46. The predicted molar refractivity (Wildman–Crippen MR) is 69.6 cm³/mol. The molecule has 90 valence electrons. The van der Waals surface area contributed by atoms with Crippen LogP contribution in [0.3, 0.4) is 0 Å². The van der Waals surface area contributed by atoms with E-state index in [4.69, 9.17) is 10.3 Å². The van der Waals surface area contributed by atoms with Crippen LogP contribution in [-0.2, 0) is 0 Å². The lowest BCUT2D eigenvalue weighted by Gasteiger charge is -2.01. The molecule has 3 aromatic rings. The Kier molecular flexibility index (Phi) is 2.60. The van der Waals surface area contributed by atoms with Crippen molar-refractivity contribution >= 4 is 17.2 Å². The molecule has 18 heavy (non-hydrogen) atoms. The van der Waals surface area contributed by atoms with E-state index in [1.165, 1.54) is 12.1 Å². The van der Waals surface area contributed by atoms with Gasteiger partial charge < -0.3 is 10.3 Å². The second-order valence-electron chi connectivity index (χ2n) is 3.79. The summed E-state index contributed by atoms with van der Waals surface area (Å²) in [6.45, 7) is 0. The smallest absolute Gasteiger partial charge is 0.230 e. The average Bonchev–Trinajstić information content (AvgIpc) is 2.97. The normalized spacial score (nSPS) is 10.7. The molecule has 0 fully saturated rings. The van der Waals surface area contributed by atoms with Crippen LogP contribution < -0.4 is 5.73 Å². The molecule has 0 aliphatic carbocycles. The first-order chi connectivity index (χ1) is 8.75. The third-order valence-corrected chi connectivity index (χ3v) is 3.31. The Morgan fingerprint density at radius 3 is 2.83 bits per heavy atom. The molecule has 0 unspecified atom stereocenters. The first-order valence-corrected chi connectivity index (χ1v) is 6.23. The van der Waals surface area contributed by atoms with Crippen LogP contribution in [0.15, 0.2) is 45.6 Å². The third-order valence-electron chi connectivity index (χ3n) is 2.63. The van der Waals surface area contributed by atoms with E-state index in [2.05, 4.69) is 5.16 Å². The van der Waals surface area contributed by atoms with Crippen LogP contribution in [-0.4, -0.2) is 5.16 Å². The maximum atomic E-state index is 13.3. The Morgan fingerprint density at radius 2 is 2.11 bits per heavy atom. The van der Waals surface area contributed by atoms with E-state index >= 15 is 0 Å². The summed E-state index contributed by atoms with van der Waals surface area (Å²) in [4.78, 5) is 0. The second-order valence-corrected chi connectivity index (χ2v) is 4.57. The Labute approximate surface area is 107 Å². The molecule has 0 atom stereocenters. The summed E-state index contributed by atoms with van der Waals surface area (Å²) in [5.74, 6) is -0.119. The Balaban J connectivity index is 2.20. The molecular weight excluding hydrogens is 251 g/mol. The van der Waals surface area contributed by atoms with E-state index in [-0.39, 0.29) is 11.7 Å². The number of nitrogen functional groups attached to an aromatic ring is 1. The van der Waals surface area contributed by atoms with Crippen molar-refractivity contribution in [2.75, 3.05) is 5.73 Å². The second kappa shape index (κ2) is 4.27. The van der Waals surface area contributed by atoms with Crippen LogP contribution in [0.25, 0.3) is 22.4 Å². The van der Waals surface area contributed by atoms with Gasteiger partial charge in [0.15, 0.2) is 0 Å². The lowest BCUT2D eigenvalue weighted by molar-refractivity contribution is 0.439. The van der Waals surface area contributed by atoms with E-state index < -0.39 is 0 Å². The highest BCUT2D eigenvalue weighted by Crippen LogP contribution is 2.36. The summed E-state index contributed by atoms with van der Waals surface area (Å²) in [6, 6.07) is 8.14. The van der Waals surface area contributed by atoms with E-state index in [1.54, 1.807) is 23.5 Å². The van der Waals surface area contributed by atoms with Gasteiger partial charge in [-0.3, -0.25) is 0 Å². The van der Waals surface area contributed by atoms with Crippen molar-refractivity contribution < 1.29 is 8.91 Å². The summed E-state index contributed by atoms with van der Waals surface area (Å²) < 4.78 is 18.3. The number of nitrogens with zero attached hydrogens (tertiary/aromatic N) is 1. The monoisotopic (exact) mass is 260 g/mol. The van der Waals surface area contributed by atoms with Gasteiger partial charge in [-0.25, -0.2) is 4.39 Å². The third kappa shape index (κ3) is 1.78. The van der Waals surface area contributed by atoms with Crippen LogP contribution in [0, 0.1) is 5.82 Å². The van der Waals surface area contributed by atoms with Gasteiger partial charge in [0.1, 0.15) is 11.5 Å². The zero-order chi connectivity index (χ0) is 12.5. The summed E-state index contributed by atoms with van der Waals surface area (Å²) in [5.41, 5.74) is 8.63. The van der Waals surface area contributed by atoms with E-state index in [0.717, 1.165) is 5.56 Å². The molecule has 3 rings (SSSR count). The summed E-state index contributed by atoms with van der Waals surface area (Å²) in [5, 5.41) is 7.83. The van der Waals surface area contributed by atoms with Crippen molar-refractivity contribution in [2.24, 2.45) is 0 Å². The van der Waals surface area contributed by atoms with Crippen molar-refractivity contribution in [3.8, 4) is 22.4 Å². The molecule has 0 aliphatic rings. The van der Waals surface area contributed by atoms with E-state index in [1.807, 2.05) is 16.8 Å². The fraction of sp³-hybridized carbons (Fsp3) is 0. The number of anilines is 1. The van der Waals surface area contributed by atoms with Gasteiger partial charge in [0.25, 0.3) is 0 Å². The Hall–Kier alpha value is -2.14. The maximum Gasteiger partial charge on any atom is 0.230 e. The molecule has 0 saturated carbocycles. The van der Waals surface area contributed by atoms with Gasteiger partial charge in [-0.1, -0.05) is 17.3 Å². The van der Waals surface area contributed by atoms with Gasteiger partial charge in [0.05, 0.1) is 5.56 Å². The Bertz CT molecular complexity index is 676. The number of nitrogens with two attached hydrogens (primary N) is 1. The molecule has 0 aliphatic heterocycles. The van der Waals surface area contributed by atoms with Crippen LogP contribution in [0.4, 0.5) is 10.3 Å². The lowest BCUT2D eigenvalue weighted by Crippen LogP contribution is -1.87. The highest BCUT2D eigenvalue weighted by Gasteiger charge is 2.17. The van der Waals surface area contributed by atoms with Crippen LogP contribution >= 0.6 is 11.3 Å².